The first-order valence-electron chi connectivity index (χ1n) is 13.4. The molecule has 11 heteroatoms. The standard InChI is InChI=1S/C31H28F2N4O4S/c1-36-11-10-23-20(17-42(2,40)41)12-19-16-37(25-9-8-22(32)13-24(25)33)29-21(14-34-28(26(19)29)27(23)31(36)39)15-35-30(38)18-6-4-3-5-7-18/h3-13,16,21,29,34H,14-15,17H2,1-2H3,(H,35,38). The Balaban J connectivity index is 1.51. The second-order valence-corrected chi connectivity index (χ2v) is 12.9. The summed E-state index contributed by atoms with van der Waals surface area (Å²) < 4.78 is 55.5. The quantitative estimate of drug-likeness (QED) is 0.458. The van der Waals surface area contributed by atoms with Crippen molar-refractivity contribution in [2.24, 2.45) is 13.0 Å². The minimum Gasteiger partial charge on any atom is -0.384 e. The Labute approximate surface area is 241 Å². The maximum Gasteiger partial charge on any atom is 0.260 e. The number of nitrogens with one attached hydrogen (secondary N) is 2. The fraction of sp³-hybridized carbons (Fsp3) is 0.226. The van der Waals surface area contributed by atoms with Gasteiger partial charge in [0.1, 0.15) is 11.6 Å². The van der Waals surface area contributed by atoms with Gasteiger partial charge in [0, 0.05) is 61.9 Å². The molecule has 0 fully saturated rings. The minimum atomic E-state index is -3.49. The number of hydrogen-bond donors (Lipinski definition) is 2. The number of aromatic nitrogens is 1. The molecule has 0 saturated heterocycles. The number of fused-ring (bicyclic) bond motifs is 2. The van der Waals surface area contributed by atoms with Crippen molar-refractivity contribution in [2.75, 3.05) is 30.0 Å². The number of benzene rings is 2. The summed E-state index contributed by atoms with van der Waals surface area (Å²) >= 11 is 0. The van der Waals surface area contributed by atoms with Gasteiger partial charge in [0.2, 0.25) is 0 Å². The molecule has 1 amide bonds. The van der Waals surface area contributed by atoms with Gasteiger partial charge in [-0.2, -0.15) is 0 Å². The van der Waals surface area contributed by atoms with Crippen LogP contribution >= 0.6 is 0 Å². The molecule has 1 aromatic heterocycles. The zero-order valence-electron chi connectivity index (χ0n) is 22.9. The fourth-order valence-electron chi connectivity index (χ4n) is 5.96. The summed E-state index contributed by atoms with van der Waals surface area (Å²) in [6, 6.07) is 13.3. The number of allylic oxidation sites excluding steroid dienone is 1. The van der Waals surface area contributed by atoms with Crippen LogP contribution in [0.2, 0.25) is 0 Å². The molecule has 0 saturated carbocycles. The van der Waals surface area contributed by atoms with E-state index < -0.39 is 27.5 Å². The van der Waals surface area contributed by atoms with Gasteiger partial charge in [0.05, 0.1) is 28.7 Å². The Hall–Kier alpha value is -4.51. The summed E-state index contributed by atoms with van der Waals surface area (Å²) in [6.07, 6.45) is 6.15. The van der Waals surface area contributed by atoms with Gasteiger partial charge in [-0.3, -0.25) is 9.59 Å². The van der Waals surface area contributed by atoms with Crippen LogP contribution in [0.3, 0.4) is 0 Å². The van der Waals surface area contributed by atoms with Crippen molar-refractivity contribution in [3.63, 3.8) is 0 Å². The second kappa shape index (κ2) is 10.4. The average molecular weight is 591 g/mol. The van der Waals surface area contributed by atoms with E-state index in [4.69, 9.17) is 0 Å². The molecule has 216 valence electrons. The lowest BCUT2D eigenvalue weighted by Gasteiger charge is -2.39. The second-order valence-electron chi connectivity index (χ2n) is 10.8. The van der Waals surface area contributed by atoms with Crippen LogP contribution in [-0.2, 0) is 16.9 Å². The molecule has 3 heterocycles. The maximum absolute atomic E-state index is 15.2. The maximum atomic E-state index is 15.2. The van der Waals surface area contributed by atoms with Crippen LogP contribution in [0.1, 0.15) is 21.5 Å². The molecule has 2 atom stereocenters. The van der Waals surface area contributed by atoms with Crippen molar-refractivity contribution in [2.45, 2.75) is 6.04 Å². The van der Waals surface area contributed by atoms with E-state index in [-0.39, 0.29) is 35.4 Å². The number of halogens is 2. The Morgan fingerprint density at radius 2 is 1.88 bits per heavy atom. The first-order valence-corrected chi connectivity index (χ1v) is 15.4. The fourth-order valence-corrected chi connectivity index (χ4v) is 6.76. The molecule has 1 aliphatic carbocycles. The number of amides is 1. The summed E-state index contributed by atoms with van der Waals surface area (Å²) in [5, 5.41) is 6.36. The van der Waals surface area contributed by atoms with Gasteiger partial charge in [0.25, 0.3) is 11.5 Å². The van der Waals surface area contributed by atoms with E-state index in [1.165, 1.54) is 16.7 Å². The number of anilines is 1. The number of rotatable bonds is 6. The van der Waals surface area contributed by atoms with Crippen molar-refractivity contribution in [1.82, 2.24) is 15.2 Å². The van der Waals surface area contributed by atoms with Gasteiger partial charge in [0.15, 0.2) is 9.84 Å². The number of carbonyl (C=O) groups excluding carboxylic acids is 1. The molecule has 0 bridgehead atoms. The van der Waals surface area contributed by atoms with E-state index in [0.717, 1.165) is 12.3 Å². The zero-order valence-corrected chi connectivity index (χ0v) is 23.7. The number of nitrogens with zero attached hydrogens (tertiary/aromatic N) is 2. The van der Waals surface area contributed by atoms with Crippen LogP contribution in [0.5, 0.6) is 0 Å². The lowest BCUT2D eigenvalue weighted by atomic mass is 9.84. The van der Waals surface area contributed by atoms with Crippen LogP contribution < -0.4 is 21.1 Å². The Morgan fingerprint density at radius 3 is 2.60 bits per heavy atom. The third kappa shape index (κ3) is 4.94. The Kier molecular flexibility index (Phi) is 6.84. The summed E-state index contributed by atoms with van der Waals surface area (Å²) in [5.74, 6) is -2.38. The molecule has 42 heavy (non-hydrogen) atoms. The highest BCUT2D eigenvalue weighted by Gasteiger charge is 2.44. The van der Waals surface area contributed by atoms with Crippen LogP contribution in [0, 0.1) is 17.6 Å². The van der Waals surface area contributed by atoms with Crippen molar-refractivity contribution in [3.8, 4) is 0 Å². The van der Waals surface area contributed by atoms with Gasteiger partial charge in [-0.25, -0.2) is 17.2 Å². The lowest BCUT2D eigenvalue weighted by Crippen LogP contribution is -2.50. The topological polar surface area (TPSA) is 101 Å². The first kappa shape index (κ1) is 27.6. The molecule has 6 rings (SSSR count). The lowest BCUT2D eigenvalue weighted by molar-refractivity contribution is 0.0946. The predicted molar refractivity (Wildman–Crippen MR) is 157 cm³/mol. The number of pyridine rings is 1. The molecule has 0 spiro atoms. The van der Waals surface area contributed by atoms with E-state index in [1.54, 1.807) is 60.8 Å². The number of carbonyl (C=O) groups is 1. The third-order valence-corrected chi connectivity index (χ3v) is 8.64. The highest BCUT2D eigenvalue weighted by molar-refractivity contribution is 7.91. The summed E-state index contributed by atoms with van der Waals surface area (Å²) in [7, 11) is -1.88. The molecule has 2 aromatic carbocycles. The minimum absolute atomic E-state index is 0.120. The van der Waals surface area contributed by atoms with Crippen molar-refractivity contribution < 1.29 is 22.0 Å². The molecule has 2 aliphatic heterocycles. The van der Waals surface area contributed by atoms with Gasteiger partial charge in [-0.05, 0) is 53.1 Å². The SMILES string of the molecule is Cn1ccc2c(c1=O)C1=C3C(=CN(c4ccc(F)cc4F)C3C(CNC(=O)c3ccccc3)CN1)C=C2CS(C)(=O)=O. The summed E-state index contributed by atoms with van der Waals surface area (Å²) in [6.45, 7) is 0.528. The van der Waals surface area contributed by atoms with E-state index in [0.29, 0.717) is 45.7 Å². The van der Waals surface area contributed by atoms with Gasteiger partial charge in [-0.15, -0.1) is 0 Å². The molecular weight excluding hydrogens is 562 g/mol. The van der Waals surface area contributed by atoms with E-state index in [1.807, 2.05) is 6.07 Å². The normalized spacial score (nSPS) is 19.3. The van der Waals surface area contributed by atoms with Gasteiger partial charge < -0.3 is 20.1 Å². The van der Waals surface area contributed by atoms with Crippen molar-refractivity contribution in [3.05, 3.63) is 123 Å². The monoisotopic (exact) mass is 590 g/mol. The third-order valence-electron chi connectivity index (χ3n) is 7.80. The Bertz CT molecular complexity index is 1880. The molecule has 8 nitrogen and oxygen atoms in total. The average Bonchev–Trinajstić information content (AvgIpc) is 3.25. The molecule has 3 aromatic rings. The van der Waals surface area contributed by atoms with Crippen LogP contribution in [0.4, 0.5) is 14.5 Å². The molecule has 2 N–H and O–H groups in total. The summed E-state index contributed by atoms with van der Waals surface area (Å²) in [5.41, 5.74) is 3.36. The number of sulfone groups is 1. The largest absolute Gasteiger partial charge is 0.384 e. The first-order chi connectivity index (χ1) is 20.0. The summed E-state index contributed by atoms with van der Waals surface area (Å²) in [4.78, 5) is 28.2. The van der Waals surface area contributed by atoms with Crippen LogP contribution in [-0.4, -0.2) is 50.0 Å². The molecule has 0 radical (unpaired) electrons. The predicted octanol–water partition coefficient (Wildman–Crippen LogP) is 3.24. The van der Waals surface area contributed by atoms with E-state index >= 15 is 4.39 Å². The van der Waals surface area contributed by atoms with Gasteiger partial charge in [-0.1, -0.05) is 18.2 Å². The highest BCUT2D eigenvalue weighted by atomic mass is 32.2. The highest BCUT2D eigenvalue weighted by Crippen LogP contribution is 2.46. The molecule has 2 unspecified atom stereocenters. The van der Waals surface area contributed by atoms with Crippen molar-refractivity contribution in [1.29, 1.82) is 0 Å². The number of hydrogen-bond acceptors (Lipinski definition) is 6. The molecule has 3 aliphatic rings. The van der Waals surface area contributed by atoms with Crippen molar-refractivity contribution >= 4 is 32.7 Å². The van der Waals surface area contributed by atoms with Crippen LogP contribution in [0.15, 0.2) is 89.0 Å². The van der Waals surface area contributed by atoms with Gasteiger partial charge >= 0.3 is 0 Å². The zero-order chi connectivity index (χ0) is 29.8. The molecular formula is C31H28F2N4O4S. The Morgan fingerprint density at radius 1 is 1.12 bits per heavy atom. The smallest absolute Gasteiger partial charge is 0.260 e. The number of aryl methyl sites for hydroxylation is 1. The van der Waals surface area contributed by atoms with E-state index in [2.05, 4.69) is 10.6 Å². The van der Waals surface area contributed by atoms with Crippen LogP contribution in [0.25, 0.3) is 11.3 Å². The van der Waals surface area contributed by atoms with E-state index in [9.17, 15) is 22.4 Å².